The van der Waals surface area contributed by atoms with E-state index >= 15 is 0 Å². The van der Waals surface area contributed by atoms with Gasteiger partial charge in [0.05, 0.1) is 13.7 Å². The highest BCUT2D eigenvalue weighted by atomic mass is 79.9. The Morgan fingerprint density at radius 2 is 1.93 bits per heavy atom. The number of amides is 1. The number of carbonyl (C=O) groups is 1. The molecule has 1 aromatic carbocycles. The normalized spacial score (nSPS) is 15.8. The van der Waals surface area contributed by atoms with Crippen LogP contribution in [0.15, 0.2) is 39.0 Å². The van der Waals surface area contributed by atoms with Crippen molar-refractivity contribution in [2.45, 2.75) is 37.1 Å². The topological polar surface area (TPSA) is 75.7 Å². The molecular weight excluding hydrogens is 464 g/mol. The SMILES string of the molecule is COc1ccc(C(=O)NCc2cc(Br)cs2)cc1S(=O)(=O)N1CCCCCC1. The number of hydrogen-bond donors (Lipinski definition) is 1. The minimum Gasteiger partial charge on any atom is -0.495 e. The molecule has 0 spiro atoms. The van der Waals surface area contributed by atoms with Crippen LogP contribution in [0.2, 0.25) is 0 Å². The van der Waals surface area contributed by atoms with Crippen LogP contribution in [0.5, 0.6) is 5.75 Å². The molecule has 1 N–H and O–H groups in total. The van der Waals surface area contributed by atoms with Crippen molar-refractivity contribution in [2.24, 2.45) is 0 Å². The fourth-order valence-electron chi connectivity index (χ4n) is 3.16. The van der Waals surface area contributed by atoms with Gasteiger partial charge in [0, 0.05) is 33.4 Å². The van der Waals surface area contributed by atoms with Crippen molar-refractivity contribution in [3.8, 4) is 5.75 Å². The first kappa shape index (κ1) is 21.3. The Morgan fingerprint density at radius 1 is 1.21 bits per heavy atom. The Bertz CT molecular complexity index is 935. The van der Waals surface area contributed by atoms with Gasteiger partial charge in [-0.25, -0.2) is 8.42 Å². The lowest BCUT2D eigenvalue weighted by molar-refractivity contribution is 0.0951. The lowest BCUT2D eigenvalue weighted by Gasteiger charge is -2.21. The molecule has 1 aromatic heterocycles. The van der Waals surface area contributed by atoms with Crippen LogP contribution >= 0.6 is 27.3 Å². The maximum atomic E-state index is 13.2. The molecule has 0 aliphatic carbocycles. The largest absolute Gasteiger partial charge is 0.495 e. The standard InChI is InChI=1S/C19H23BrN2O4S2/c1-26-17-7-6-14(19(23)21-12-16-11-15(20)13-27-16)10-18(17)28(24,25)22-8-4-2-3-5-9-22/h6-7,10-11,13H,2-5,8-9,12H2,1H3,(H,21,23). The van der Waals surface area contributed by atoms with Crippen molar-refractivity contribution in [2.75, 3.05) is 20.2 Å². The van der Waals surface area contributed by atoms with Crippen molar-refractivity contribution in [3.63, 3.8) is 0 Å². The van der Waals surface area contributed by atoms with Crippen LogP contribution in [-0.2, 0) is 16.6 Å². The molecule has 0 unspecified atom stereocenters. The van der Waals surface area contributed by atoms with Crippen LogP contribution in [0, 0.1) is 0 Å². The fraction of sp³-hybridized carbons (Fsp3) is 0.421. The molecule has 0 saturated carbocycles. The van der Waals surface area contributed by atoms with Crippen molar-refractivity contribution in [1.82, 2.24) is 9.62 Å². The van der Waals surface area contributed by atoms with E-state index in [0.29, 0.717) is 25.2 Å². The lowest BCUT2D eigenvalue weighted by Crippen LogP contribution is -2.32. The summed E-state index contributed by atoms with van der Waals surface area (Å²) in [7, 11) is -2.29. The van der Waals surface area contributed by atoms with E-state index in [1.807, 2.05) is 11.4 Å². The van der Waals surface area contributed by atoms with Crippen LogP contribution in [0.1, 0.15) is 40.9 Å². The molecule has 2 aromatic rings. The molecule has 0 radical (unpaired) electrons. The quantitative estimate of drug-likeness (QED) is 0.668. The first-order valence-corrected chi connectivity index (χ1v) is 12.2. The Balaban J connectivity index is 1.83. The van der Waals surface area contributed by atoms with Gasteiger partial charge in [0.1, 0.15) is 10.6 Å². The maximum Gasteiger partial charge on any atom is 0.251 e. The third-order valence-corrected chi connectivity index (χ3v) is 8.27. The van der Waals surface area contributed by atoms with E-state index in [9.17, 15) is 13.2 Å². The molecule has 9 heteroatoms. The van der Waals surface area contributed by atoms with Gasteiger partial charge in [0.25, 0.3) is 5.91 Å². The van der Waals surface area contributed by atoms with Crippen LogP contribution < -0.4 is 10.1 Å². The first-order chi connectivity index (χ1) is 13.4. The number of halogens is 1. The number of nitrogens with zero attached hydrogens (tertiary/aromatic N) is 1. The highest BCUT2D eigenvalue weighted by Crippen LogP contribution is 2.29. The van der Waals surface area contributed by atoms with E-state index in [1.54, 1.807) is 12.1 Å². The predicted octanol–water partition coefficient (Wildman–Crippen LogP) is 4.01. The van der Waals surface area contributed by atoms with Crippen LogP contribution in [-0.4, -0.2) is 38.8 Å². The molecule has 1 fully saturated rings. The summed E-state index contributed by atoms with van der Waals surface area (Å²) >= 11 is 4.92. The Hall–Kier alpha value is -1.42. The molecule has 0 bridgehead atoms. The van der Waals surface area contributed by atoms with E-state index in [4.69, 9.17) is 4.74 Å². The van der Waals surface area contributed by atoms with Gasteiger partial charge in [0.15, 0.2) is 0 Å². The van der Waals surface area contributed by atoms with E-state index in [2.05, 4.69) is 21.2 Å². The molecule has 2 heterocycles. The number of carbonyl (C=O) groups excluding carboxylic acids is 1. The van der Waals surface area contributed by atoms with Gasteiger partial charge >= 0.3 is 0 Å². The highest BCUT2D eigenvalue weighted by Gasteiger charge is 2.29. The summed E-state index contributed by atoms with van der Waals surface area (Å²) in [6.07, 6.45) is 3.76. The lowest BCUT2D eigenvalue weighted by atomic mass is 10.2. The molecular formula is C19H23BrN2O4S2. The van der Waals surface area contributed by atoms with Crippen molar-refractivity contribution in [3.05, 3.63) is 44.6 Å². The number of benzene rings is 1. The minimum atomic E-state index is -3.72. The number of thiophene rings is 1. The fourth-order valence-corrected chi connectivity index (χ4v) is 6.25. The summed E-state index contributed by atoms with van der Waals surface area (Å²) in [6, 6.07) is 6.48. The van der Waals surface area contributed by atoms with Crippen molar-refractivity contribution < 1.29 is 17.9 Å². The zero-order chi connectivity index (χ0) is 20.1. The third-order valence-electron chi connectivity index (χ3n) is 4.65. The highest BCUT2D eigenvalue weighted by molar-refractivity contribution is 9.10. The summed E-state index contributed by atoms with van der Waals surface area (Å²) in [5.41, 5.74) is 0.296. The zero-order valence-electron chi connectivity index (χ0n) is 15.6. The summed E-state index contributed by atoms with van der Waals surface area (Å²) in [6.45, 7) is 1.37. The smallest absolute Gasteiger partial charge is 0.251 e. The zero-order valence-corrected chi connectivity index (χ0v) is 18.8. The molecule has 1 aliphatic heterocycles. The first-order valence-electron chi connectivity index (χ1n) is 9.11. The van der Waals surface area contributed by atoms with Crippen LogP contribution in [0.4, 0.5) is 0 Å². The van der Waals surface area contributed by atoms with E-state index in [1.165, 1.54) is 28.8 Å². The summed E-state index contributed by atoms with van der Waals surface area (Å²) in [4.78, 5) is 13.6. The number of methoxy groups -OCH3 is 1. The second-order valence-corrected chi connectivity index (χ2v) is 10.4. The molecule has 1 aliphatic rings. The Morgan fingerprint density at radius 3 is 2.54 bits per heavy atom. The molecule has 3 rings (SSSR count). The monoisotopic (exact) mass is 486 g/mol. The predicted molar refractivity (Wildman–Crippen MR) is 113 cm³/mol. The molecule has 152 valence electrons. The molecule has 1 amide bonds. The van der Waals surface area contributed by atoms with E-state index in [-0.39, 0.29) is 16.6 Å². The maximum absolute atomic E-state index is 13.2. The molecule has 1 saturated heterocycles. The second-order valence-electron chi connectivity index (χ2n) is 6.60. The third kappa shape index (κ3) is 4.94. The summed E-state index contributed by atoms with van der Waals surface area (Å²) in [5.74, 6) is -0.0672. The van der Waals surface area contributed by atoms with E-state index in [0.717, 1.165) is 35.0 Å². The number of sulfonamides is 1. The van der Waals surface area contributed by atoms with Gasteiger partial charge in [0.2, 0.25) is 10.0 Å². The Kier molecular flexibility index (Phi) is 7.14. The van der Waals surface area contributed by atoms with Gasteiger partial charge in [-0.05, 0) is 53.0 Å². The molecule has 28 heavy (non-hydrogen) atoms. The Labute approximate surface area is 178 Å². The van der Waals surface area contributed by atoms with Crippen LogP contribution in [0.3, 0.4) is 0 Å². The average molecular weight is 487 g/mol. The van der Waals surface area contributed by atoms with Gasteiger partial charge in [-0.15, -0.1) is 11.3 Å². The summed E-state index contributed by atoms with van der Waals surface area (Å²) in [5, 5.41) is 4.78. The molecule has 6 nitrogen and oxygen atoms in total. The van der Waals surface area contributed by atoms with Gasteiger partial charge in [-0.3, -0.25) is 4.79 Å². The number of nitrogens with one attached hydrogen (secondary N) is 1. The average Bonchev–Trinajstić information content (AvgIpc) is 2.93. The van der Waals surface area contributed by atoms with Gasteiger partial charge < -0.3 is 10.1 Å². The number of hydrogen-bond acceptors (Lipinski definition) is 5. The number of rotatable bonds is 6. The van der Waals surface area contributed by atoms with Crippen molar-refractivity contribution >= 4 is 43.2 Å². The summed E-state index contributed by atoms with van der Waals surface area (Å²) < 4.78 is 34.1. The van der Waals surface area contributed by atoms with Crippen molar-refractivity contribution in [1.29, 1.82) is 0 Å². The van der Waals surface area contributed by atoms with Gasteiger partial charge in [-0.2, -0.15) is 4.31 Å². The second kappa shape index (κ2) is 9.39. The van der Waals surface area contributed by atoms with Gasteiger partial charge in [-0.1, -0.05) is 12.8 Å². The van der Waals surface area contributed by atoms with E-state index < -0.39 is 10.0 Å². The minimum absolute atomic E-state index is 0.0448. The van der Waals surface area contributed by atoms with Crippen LogP contribution in [0.25, 0.3) is 0 Å². The number of ether oxygens (including phenoxy) is 1. The molecule has 0 atom stereocenters.